The highest BCUT2D eigenvalue weighted by atomic mass is 16.4. The average molecular weight is 247 g/mol. The lowest BCUT2D eigenvalue weighted by Gasteiger charge is -2.22. The average Bonchev–Trinajstić information content (AvgIpc) is 2.31. The van der Waals surface area contributed by atoms with E-state index in [1.165, 1.54) is 0 Å². The van der Waals surface area contributed by atoms with Gasteiger partial charge in [-0.3, -0.25) is 0 Å². The molecule has 1 heterocycles. The lowest BCUT2D eigenvalue weighted by atomic mass is 10.1. The van der Waals surface area contributed by atoms with Gasteiger partial charge in [0, 0.05) is 13.1 Å². The predicted octanol–water partition coefficient (Wildman–Crippen LogP) is 1.97. The van der Waals surface area contributed by atoms with Gasteiger partial charge in [-0.1, -0.05) is 12.2 Å². The monoisotopic (exact) mass is 247 g/mol. The fourth-order valence-corrected chi connectivity index (χ4v) is 1.63. The number of carboxylic acid groups (broad SMARTS) is 1. The summed E-state index contributed by atoms with van der Waals surface area (Å²) < 4.78 is 0. The first-order valence-corrected chi connectivity index (χ1v) is 5.56. The molecule has 5 nitrogen and oxygen atoms in total. The van der Waals surface area contributed by atoms with E-state index in [1.54, 1.807) is 30.9 Å². The van der Waals surface area contributed by atoms with E-state index in [0.717, 1.165) is 0 Å². The van der Waals surface area contributed by atoms with E-state index in [4.69, 9.17) is 0 Å². The molecule has 5 heteroatoms. The number of anilines is 1. The summed E-state index contributed by atoms with van der Waals surface area (Å²) in [4.78, 5) is 13.1. The van der Waals surface area contributed by atoms with E-state index in [9.17, 15) is 9.90 Å². The summed E-state index contributed by atoms with van der Waals surface area (Å²) in [5.41, 5.74) is 1.44. The lowest BCUT2D eigenvalue weighted by Crippen LogP contribution is -2.27. The van der Waals surface area contributed by atoms with Crippen LogP contribution in [0.25, 0.3) is 0 Å². The number of aryl methyl sites for hydroxylation is 1. The minimum Gasteiger partial charge on any atom is -0.478 e. The van der Waals surface area contributed by atoms with Gasteiger partial charge in [-0.15, -0.1) is 18.3 Å². The van der Waals surface area contributed by atoms with Crippen LogP contribution in [0, 0.1) is 13.8 Å². The first-order chi connectivity index (χ1) is 8.52. The molecule has 1 aromatic rings. The largest absolute Gasteiger partial charge is 0.478 e. The first kappa shape index (κ1) is 13.9. The van der Waals surface area contributed by atoms with Gasteiger partial charge < -0.3 is 10.0 Å². The molecule has 0 aliphatic heterocycles. The molecule has 0 fully saturated rings. The third-order valence-electron chi connectivity index (χ3n) is 2.65. The maximum Gasteiger partial charge on any atom is 0.339 e. The first-order valence-electron chi connectivity index (χ1n) is 5.56. The van der Waals surface area contributed by atoms with E-state index < -0.39 is 5.97 Å². The Balaban J connectivity index is 3.37. The second-order valence-electron chi connectivity index (χ2n) is 3.90. The fourth-order valence-electron chi connectivity index (χ4n) is 1.63. The van der Waals surface area contributed by atoms with Gasteiger partial charge >= 0.3 is 5.97 Å². The van der Waals surface area contributed by atoms with Gasteiger partial charge in [-0.2, -0.15) is 5.10 Å². The number of hydrogen-bond acceptors (Lipinski definition) is 4. The summed E-state index contributed by atoms with van der Waals surface area (Å²) in [7, 11) is 0. The second-order valence-corrected chi connectivity index (χ2v) is 3.90. The van der Waals surface area contributed by atoms with Crippen molar-refractivity contribution in [3.63, 3.8) is 0 Å². The number of nitrogens with zero attached hydrogens (tertiary/aromatic N) is 3. The van der Waals surface area contributed by atoms with Crippen molar-refractivity contribution < 1.29 is 9.90 Å². The standard InChI is InChI=1S/C13H17N3O2/c1-5-7-16(8-6-2)12-11(13(17)18)9(3)10(4)14-15-12/h5-6H,1-2,7-8H2,3-4H3,(H,17,18). The molecular weight excluding hydrogens is 230 g/mol. The maximum absolute atomic E-state index is 11.4. The highest BCUT2D eigenvalue weighted by Gasteiger charge is 2.21. The van der Waals surface area contributed by atoms with Crippen LogP contribution < -0.4 is 4.90 Å². The van der Waals surface area contributed by atoms with Crippen LogP contribution in [0.5, 0.6) is 0 Å². The molecule has 0 radical (unpaired) electrons. The Hall–Kier alpha value is -2.17. The molecule has 96 valence electrons. The van der Waals surface area contributed by atoms with E-state index >= 15 is 0 Å². The third-order valence-corrected chi connectivity index (χ3v) is 2.65. The van der Waals surface area contributed by atoms with Crippen molar-refractivity contribution in [1.29, 1.82) is 0 Å². The number of aromatic nitrogens is 2. The zero-order chi connectivity index (χ0) is 13.7. The minimum atomic E-state index is -1.00. The number of carboxylic acids is 1. The highest BCUT2D eigenvalue weighted by molar-refractivity contribution is 5.95. The molecule has 1 N–H and O–H groups in total. The van der Waals surface area contributed by atoms with Gasteiger partial charge in [-0.25, -0.2) is 4.79 Å². The fraction of sp³-hybridized carbons (Fsp3) is 0.308. The Morgan fingerprint density at radius 3 is 2.28 bits per heavy atom. The Morgan fingerprint density at radius 2 is 1.83 bits per heavy atom. The number of aromatic carboxylic acids is 1. The molecule has 0 spiro atoms. The van der Waals surface area contributed by atoms with Crippen LogP contribution in [-0.2, 0) is 0 Å². The van der Waals surface area contributed by atoms with Crippen molar-refractivity contribution in [2.24, 2.45) is 0 Å². The van der Waals surface area contributed by atoms with E-state index in [2.05, 4.69) is 23.4 Å². The molecule has 0 aromatic carbocycles. The molecule has 0 bridgehead atoms. The molecule has 0 amide bonds. The van der Waals surface area contributed by atoms with Crippen molar-refractivity contribution in [2.45, 2.75) is 13.8 Å². The molecule has 18 heavy (non-hydrogen) atoms. The minimum absolute atomic E-state index is 0.186. The van der Waals surface area contributed by atoms with Crippen LogP contribution in [-0.4, -0.2) is 34.4 Å². The topological polar surface area (TPSA) is 66.3 Å². The molecule has 0 saturated heterocycles. The lowest BCUT2D eigenvalue weighted by molar-refractivity contribution is 0.0696. The third kappa shape index (κ3) is 2.74. The number of rotatable bonds is 6. The van der Waals surface area contributed by atoms with Crippen LogP contribution in [0.4, 0.5) is 5.82 Å². The van der Waals surface area contributed by atoms with Gasteiger partial charge in [0.25, 0.3) is 0 Å². The van der Waals surface area contributed by atoms with Crippen LogP contribution in [0.1, 0.15) is 21.6 Å². The molecule has 0 atom stereocenters. The van der Waals surface area contributed by atoms with Gasteiger partial charge in [0.05, 0.1) is 5.69 Å². The molecule has 0 aliphatic carbocycles. The molecule has 1 aromatic heterocycles. The zero-order valence-corrected chi connectivity index (χ0v) is 10.7. The van der Waals surface area contributed by atoms with E-state index in [1.807, 2.05) is 0 Å². The second kappa shape index (κ2) is 5.95. The van der Waals surface area contributed by atoms with Crippen molar-refractivity contribution >= 4 is 11.8 Å². The van der Waals surface area contributed by atoms with Crippen molar-refractivity contribution in [3.8, 4) is 0 Å². The number of hydrogen-bond donors (Lipinski definition) is 1. The number of carbonyl (C=O) groups is 1. The quantitative estimate of drug-likeness (QED) is 0.778. The van der Waals surface area contributed by atoms with Gasteiger partial charge in [0.1, 0.15) is 5.56 Å². The van der Waals surface area contributed by atoms with E-state index in [0.29, 0.717) is 30.2 Å². The summed E-state index contributed by atoms with van der Waals surface area (Å²) in [5.74, 6) is -0.649. The van der Waals surface area contributed by atoms with Gasteiger partial charge in [0.15, 0.2) is 5.82 Å². The molecular formula is C13H17N3O2. The van der Waals surface area contributed by atoms with Gasteiger partial charge in [0.2, 0.25) is 0 Å². The molecule has 0 aliphatic rings. The summed E-state index contributed by atoms with van der Waals surface area (Å²) >= 11 is 0. The van der Waals surface area contributed by atoms with Crippen LogP contribution in [0.2, 0.25) is 0 Å². The summed E-state index contributed by atoms with van der Waals surface area (Å²) in [6, 6.07) is 0. The Bertz CT molecular complexity index is 473. The van der Waals surface area contributed by atoms with Crippen LogP contribution in [0.15, 0.2) is 25.3 Å². The van der Waals surface area contributed by atoms with Crippen LogP contribution >= 0.6 is 0 Å². The smallest absolute Gasteiger partial charge is 0.339 e. The Morgan fingerprint density at radius 1 is 1.28 bits per heavy atom. The molecule has 1 rings (SSSR count). The summed E-state index contributed by atoms with van der Waals surface area (Å²) in [6.07, 6.45) is 3.37. The Labute approximate surface area is 106 Å². The summed E-state index contributed by atoms with van der Waals surface area (Å²) in [6.45, 7) is 11.8. The SMILES string of the molecule is C=CCN(CC=C)c1nnc(C)c(C)c1C(=O)O. The molecule has 0 unspecified atom stereocenters. The summed E-state index contributed by atoms with van der Waals surface area (Å²) in [5, 5.41) is 17.3. The normalized spacial score (nSPS) is 9.89. The van der Waals surface area contributed by atoms with Crippen molar-refractivity contribution in [1.82, 2.24) is 10.2 Å². The Kier molecular flexibility index (Phi) is 4.59. The van der Waals surface area contributed by atoms with Gasteiger partial charge in [-0.05, 0) is 19.4 Å². The predicted molar refractivity (Wildman–Crippen MR) is 71.1 cm³/mol. The van der Waals surface area contributed by atoms with E-state index in [-0.39, 0.29) is 5.56 Å². The zero-order valence-electron chi connectivity index (χ0n) is 10.7. The molecule has 0 saturated carbocycles. The van der Waals surface area contributed by atoms with Crippen molar-refractivity contribution in [3.05, 3.63) is 42.1 Å². The highest BCUT2D eigenvalue weighted by Crippen LogP contribution is 2.22. The van der Waals surface area contributed by atoms with Crippen LogP contribution in [0.3, 0.4) is 0 Å². The van der Waals surface area contributed by atoms with Crippen molar-refractivity contribution in [2.75, 3.05) is 18.0 Å². The maximum atomic E-state index is 11.4.